The lowest BCUT2D eigenvalue weighted by Gasteiger charge is -2.12. The zero-order chi connectivity index (χ0) is 20.3. The molecule has 0 radical (unpaired) electrons. The summed E-state index contributed by atoms with van der Waals surface area (Å²) in [5.41, 5.74) is 2.50. The number of nitrogens with zero attached hydrogens (tertiary/aromatic N) is 1. The van der Waals surface area contributed by atoms with Gasteiger partial charge in [-0.25, -0.2) is 9.79 Å². The summed E-state index contributed by atoms with van der Waals surface area (Å²) in [7, 11) is 0. The molecule has 0 saturated heterocycles. The van der Waals surface area contributed by atoms with E-state index in [2.05, 4.69) is 4.99 Å². The van der Waals surface area contributed by atoms with Gasteiger partial charge in [-0.2, -0.15) is 0 Å². The lowest BCUT2D eigenvalue weighted by molar-refractivity contribution is -0.132. The fraction of sp³-hybridized carbons (Fsp3) is 0.190. The van der Waals surface area contributed by atoms with Crippen LogP contribution in [0.2, 0.25) is 5.02 Å². The van der Waals surface area contributed by atoms with Crippen LogP contribution in [-0.4, -0.2) is 24.4 Å². The standard InChI is InChI=1S/C21H18ClNO5/c1-4-26-18-11-14(9-16(22)19(18)27-13(3)24)10-17-21(25)28-20(23-17)15-7-5-12(2)6-8-15/h5-11H,4H2,1-3H3/b17-10+. The van der Waals surface area contributed by atoms with Gasteiger partial charge in [0.15, 0.2) is 17.2 Å². The molecule has 0 amide bonds. The molecule has 1 aliphatic rings. The molecule has 1 aliphatic heterocycles. The fourth-order valence-corrected chi connectivity index (χ4v) is 2.82. The van der Waals surface area contributed by atoms with Gasteiger partial charge in [-0.3, -0.25) is 4.79 Å². The van der Waals surface area contributed by atoms with Crippen LogP contribution in [0.3, 0.4) is 0 Å². The van der Waals surface area contributed by atoms with Crippen molar-refractivity contribution in [1.82, 2.24) is 0 Å². The molecular weight excluding hydrogens is 382 g/mol. The molecule has 28 heavy (non-hydrogen) atoms. The van der Waals surface area contributed by atoms with Gasteiger partial charge in [-0.15, -0.1) is 0 Å². The van der Waals surface area contributed by atoms with Gasteiger partial charge in [-0.1, -0.05) is 29.3 Å². The van der Waals surface area contributed by atoms with Crippen molar-refractivity contribution in [3.8, 4) is 11.5 Å². The van der Waals surface area contributed by atoms with Crippen LogP contribution in [0.25, 0.3) is 6.08 Å². The van der Waals surface area contributed by atoms with E-state index in [4.69, 9.17) is 25.8 Å². The van der Waals surface area contributed by atoms with Gasteiger partial charge in [0.25, 0.3) is 0 Å². The van der Waals surface area contributed by atoms with Crippen LogP contribution in [0.4, 0.5) is 0 Å². The first-order valence-electron chi connectivity index (χ1n) is 8.61. The van der Waals surface area contributed by atoms with Gasteiger partial charge >= 0.3 is 11.9 Å². The molecule has 3 rings (SSSR count). The summed E-state index contributed by atoms with van der Waals surface area (Å²) in [6.07, 6.45) is 1.54. The van der Waals surface area contributed by atoms with E-state index < -0.39 is 11.9 Å². The van der Waals surface area contributed by atoms with E-state index in [1.807, 2.05) is 31.2 Å². The van der Waals surface area contributed by atoms with Crippen molar-refractivity contribution in [2.24, 2.45) is 4.99 Å². The van der Waals surface area contributed by atoms with Gasteiger partial charge in [0, 0.05) is 12.5 Å². The number of aryl methyl sites for hydroxylation is 1. The summed E-state index contributed by atoms with van der Waals surface area (Å²) in [4.78, 5) is 27.8. The van der Waals surface area contributed by atoms with E-state index in [9.17, 15) is 9.59 Å². The van der Waals surface area contributed by atoms with E-state index in [1.165, 1.54) is 13.0 Å². The van der Waals surface area contributed by atoms with Gasteiger partial charge < -0.3 is 14.2 Å². The summed E-state index contributed by atoms with van der Waals surface area (Å²) >= 11 is 6.24. The van der Waals surface area contributed by atoms with Crippen molar-refractivity contribution in [1.29, 1.82) is 0 Å². The van der Waals surface area contributed by atoms with Crippen LogP contribution < -0.4 is 9.47 Å². The van der Waals surface area contributed by atoms with Crippen LogP contribution in [0, 0.1) is 6.92 Å². The number of carbonyl (C=O) groups excluding carboxylic acids is 2. The Morgan fingerprint density at radius 1 is 1.25 bits per heavy atom. The van der Waals surface area contributed by atoms with Gasteiger partial charge in [-0.05, 0) is 49.8 Å². The minimum absolute atomic E-state index is 0.134. The molecule has 0 spiro atoms. The number of hydrogen-bond acceptors (Lipinski definition) is 6. The number of esters is 2. The lowest BCUT2D eigenvalue weighted by atomic mass is 10.1. The van der Waals surface area contributed by atoms with Gasteiger partial charge in [0.05, 0.1) is 11.6 Å². The number of hydrogen-bond donors (Lipinski definition) is 0. The van der Waals surface area contributed by atoms with Crippen molar-refractivity contribution in [2.45, 2.75) is 20.8 Å². The Labute approximate surface area is 167 Å². The molecule has 0 unspecified atom stereocenters. The number of benzene rings is 2. The highest BCUT2D eigenvalue weighted by Crippen LogP contribution is 2.37. The largest absolute Gasteiger partial charge is 0.490 e. The summed E-state index contributed by atoms with van der Waals surface area (Å²) in [5, 5.41) is 0.183. The maximum absolute atomic E-state index is 12.2. The summed E-state index contributed by atoms with van der Waals surface area (Å²) in [6, 6.07) is 10.7. The lowest BCUT2D eigenvalue weighted by Crippen LogP contribution is -2.05. The first-order valence-corrected chi connectivity index (χ1v) is 8.99. The van der Waals surface area contributed by atoms with E-state index in [0.29, 0.717) is 23.5 Å². The molecular formula is C21H18ClNO5. The Kier molecular flexibility index (Phi) is 5.80. The number of halogens is 1. The SMILES string of the molecule is CCOc1cc(/C=C2/N=C(c3ccc(C)cc3)OC2=O)cc(Cl)c1OC(C)=O. The van der Waals surface area contributed by atoms with Crippen molar-refractivity contribution < 1.29 is 23.8 Å². The molecule has 0 aliphatic carbocycles. The Morgan fingerprint density at radius 3 is 2.61 bits per heavy atom. The third-order valence-electron chi connectivity index (χ3n) is 3.80. The number of aliphatic imine (C=N–C) groups is 1. The first-order chi connectivity index (χ1) is 13.4. The highest BCUT2D eigenvalue weighted by Gasteiger charge is 2.24. The second-order valence-corrected chi connectivity index (χ2v) is 6.47. The average molecular weight is 400 g/mol. The number of rotatable bonds is 5. The topological polar surface area (TPSA) is 74.2 Å². The third kappa shape index (κ3) is 4.40. The van der Waals surface area contributed by atoms with Crippen LogP contribution in [0.1, 0.15) is 30.5 Å². The molecule has 6 nitrogen and oxygen atoms in total. The van der Waals surface area contributed by atoms with Crippen molar-refractivity contribution in [3.63, 3.8) is 0 Å². The fourth-order valence-electron chi connectivity index (χ4n) is 2.56. The predicted molar refractivity (Wildman–Crippen MR) is 106 cm³/mol. The third-order valence-corrected chi connectivity index (χ3v) is 4.08. The normalized spacial score (nSPS) is 14.6. The summed E-state index contributed by atoms with van der Waals surface area (Å²) < 4.78 is 15.9. The molecule has 2 aromatic rings. The second-order valence-electron chi connectivity index (χ2n) is 6.06. The number of ether oxygens (including phenoxy) is 3. The monoisotopic (exact) mass is 399 g/mol. The van der Waals surface area contributed by atoms with E-state index in [1.54, 1.807) is 19.1 Å². The minimum Gasteiger partial charge on any atom is -0.490 e. The number of cyclic esters (lactones) is 1. The quantitative estimate of drug-likeness (QED) is 0.425. The maximum atomic E-state index is 12.2. The molecule has 0 bridgehead atoms. The first kappa shape index (κ1) is 19.6. The summed E-state index contributed by atoms with van der Waals surface area (Å²) in [5.74, 6) is -0.402. The molecule has 0 N–H and O–H groups in total. The molecule has 144 valence electrons. The molecule has 0 fully saturated rings. The van der Waals surface area contributed by atoms with Crippen molar-refractivity contribution >= 4 is 35.5 Å². The predicted octanol–water partition coefficient (Wildman–Crippen LogP) is 4.32. The van der Waals surface area contributed by atoms with E-state index in [-0.39, 0.29) is 22.4 Å². The van der Waals surface area contributed by atoms with Crippen LogP contribution in [0.15, 0.2) is 47.1 Å². The van der Waals surface area contributed by atoms with Gasteiger partial charge in [0.1, 0.15) is 0 Å². The Hall–Kier alpha value is -3.12. The van der Waals surface area contributed by atoms with Crippen LogP contribution in [0.5, 0.6) is 11.5 Å². The van der Waals surface area contributed by atoms with E-state index >= 15 is 0 Å². The number of carbonyl (C=O) groups is 2. The van der Waals surface area contributed by atoms with Crippen molar-refractivity contribution in [2.75, 3.05) is 6.61 Å². The molecule has 2 aromatic carbocycles. The molecule has 0 aromatic heterocycles. The zero-order valence-electron chi connectivity index (χ0n) is 15.6. The second kappa shape index (κ2) is 8.27. The Balaban J connectivity index is 1.96. The summed E-state index contributed by atoms with van der Waals surface area (Å²) in [6.45, 7) is 5.39. The van der Waals surface area contributed by atoms with Crippen molar-refractivity contribution in [3.05, 3.63) is 63.8 Å². The molecule has 1 heterocycles. The van der Waals surface area contributed by atoms with Gasteiger partial charge in [0.2, 0.25) is 5.90 Å². The van der Waals surface area contributed by atoms with Crippen LogP contribution in [-0.2, 0) is 14.3 Å². The maximum Gasteiger partial charge on any atom is 0.363 e. The molecule has 0 saturated carbocycles. The highest BCUT2D eigenvalue weighted by molar-refractivity contribution is 6.32. The van der Waals surface area contributed by atoms with E-state index in [0.717, 1.165) is 5.56 Å². The highest BCUT2D eigenvalue weighted by atomic mass is 35.5. The minimum atomic E-state index is -0.561. The smallest absolute Gasteiger partial charge is 0.363 e. The molecule has 0 atom stereocenters. The molecule has 7 heteroatoms. The Bertz CT molecular complexity index is 993. The zero-order valence-corrected chi connectivity index (χ0v) is 16.4. The average Bonchev–Trinajstić information content (AvgIpc) is 2.99. The van der Waals surface area contributed by atoms with Crippen LogP contribution >= 0.6 is 11.6 Å². The Morgan fingerprint density at radius 2 is 1.96 bits per heavy atom.